The van der Waals surface area contributed by atoms with Gasteiger partial charge in [0.2, 0.25) is 11.8 Å². The molecule has 5 nitrogen and oxygen atoms in total. The van der Waals surface area contributed by atoms with Crippen LogP contribution in [-0.4, -0.2) is 42.1 Å². The molecule has 29 heavy (non-hydrogen) atoms. The number of amides is 2. The van der Waals surface area contributed by atoms with Crippen LogP contribution in [-0.2, 0) is 9.59 Å². The fraction of sp³-hybridized carbons (Fsp3) is 0.375. The minimum absolute atomic E-state index is 0.0109. The summed E-state index contributed by atoms with van der Waals surface area (Å²) in [4.78, 5) is 34.4. The Bertz CT molecular complexity index is 917. The van der Waals surface area contributed by atoms with Crippen molar-refractivity contribution in [1.82, 2.24) is 4.90 Å². The molecule has 0 radical (unpaired) electrons. The van der Waals surface area contributed by atoms with Crippen molar-refractivity contribution in [3.05, 3.63) is 60.2 Å². The number of hydrogen-bond donors (Lipinski definition) is 0. The third kappa shape index (κ3) is 4.24. The highest BCUT2D eigenvalue weighted by Gasteiger charge is 2.29. The molecular weight excluding hydrogens is 362 g/mol. The molecule has 1 fully saturated rings. The van der Waals surface area contributed by atoms with Gasteiger partial charge < -0.3 is 9.80 Å². The molecule has 1 aliphatic carbocycles. The quantitative estimate of drug-likeness (QED) is 0.781. The number of para-hydroxylation sites is 2. The van der Waals surface area contributed by atoms with E-state index in [0.717, 1.165) is 29.8 Å². The number of carbonyl (C=O) groups excluding carboxylic acids is 2. The first kappa shape index (κ1) is 19.4. The molecule has 0 saturated heterocycles. The highest BCUT2D eigenvalue weighted by Crippen LogP contribution is 2.33. The third-order valence-electron chi connectivity index (χ3n) is 5.96. The van der Waals surface area contributed by atoms with Crippen LogP contribution in [0, 0.1) is 0 Å². The molecule has 0 aromatic heterocycles. The van der Waals surface area contributed by atoms with Crippen LogP contribution in [0.2, 0.25) is 0 Å². The van der Waals surface area contributed by atoms with Crippen LogP contribution in [0.5, 0.6) is 0 Å². The number of hydrogen-bond acceptors (Lipinski definition) is 3. The van der Waals surface area contributed by atoms with Gasteiger partial charge in [-0.15, -0.1) is 0 Å². The first-order valence-electron chi connectivity index (χ1n) is 10.4. The lowest BCUT2D eigenvalue weighted by Gasteiger charge is -2.33. The van der Waals surface area contributed by atoms with E-state index in [4.69, 9.17) is 4.99 Å². The molecular formula is C24H27N3O2. The molecule has 1 saturated carbocycles. The average molecular weight is 389 g/mol. The largest absolute Gasteiger partial charge is 0.341 e. The van der Waals surface area contributed by atoms with Gasteiger partial charge in [-0.05, 0) is 30.5 Å². The first-order valence-corrected chi connectivity index (χ1v) is 10.4. The van der Waals surface area contributed by atoms with E-state index in [1.54, 1.807) is 4.90 Å². The molecule has 150 valence electrons. The zero-order valence-corrected chi connectivity index (χ0v) is 16.9. The topological polar surface area (TPSA) is 53.0 Å². The molecule has 0 unspecified atom stereocenters. The van der Waals surface area contributed by atoms with Gasteiger partial charge in [0.25, 0.3) is 0 Å². The molecule has 0 bridgehead atoms. The number of likely N-dealkylation sites (N-methyl/N-ethyl adjacent to an activating group) is 1. The van der Waals surface area contributed by atoms with E-state index in [1.807, 2.05) is 66.5 Å². The number of benzene rings is 2. The molecule has 2 aromatic carbocycles. The minimum Gasteiger partial charge on any atom is -0.341 e. The molecule has 2 amide bonds. The molecule has 1 aliphatic heterocycles. The van der Waals surface area contributed by atoms with Crippen molar-refractivity contribution < 1.29 is 9.59 Å². The first-order chi connectivity index (χ1) is 14.1. The van der Waals surface area contributed by atoms with Gasteiger partial charge in [-0.3, -0.25) is 14.6 Å². The summed E-state index contributed by atoms with van der Waals surface area (Å²) in [6, 6.07) is 17.6. The third-order valence-corrected chi connectivity index (χ3v) is 5.96. The van der Waals surface area contributed by atoms with Crippen molar-refractivity contribution in [2.24, 2.45) is 4.99 Å². The number of anilines is 1. The maximum atomic E-state index is 13.2. The molecule has 2 aromatic rings. The highest BCUT2D eigenvalue weighted by molar-refractivity contribution is 6.18. The van der Waals surface area contributed by atoms with E-state index < -0.39 is 0 Å². The Morgan fingerprint density at radius 3 is 2.48 bits per heavy atom. The summed E-state index contributed by atoms with van der Waals surface area (Å²) < 4.78 is 0. The van der Waals surface area contributed by atoms with E-state index >= 15 is 0 Å². The normalized spacial score (nSPS) is 17.3. The summed E-state index contributed by atoms with van der Waals surface area (Å²) in [7, 11) is 1.87. The Hall–Kier alpha value is -2.95. The second kappa shape index (κ2) is 8.60. The lowest BCUT2D eigenvalue weighted by Crippen LogP contribution is -2.46. The molecule has 4 rings (SSSR count). The summed E-state index contributed by atoms with van der Waals surface area (Å²) >= 11 is 0. The Balaban J connectivity index is 1.59. The molecule has 0 atom stereocenters. The monoisotopic (exact) mass is 389 g/mol. The van der Waals surface area contributed by atoms with Crippen molar-refractivity contribution in [3.63, 3.8) is 0 Å². The fourth-order valence-electron chi connectivity index (χ4n) is 4.23. The van der Waals surface area contributed by atoms with E-state index in [9.17, 15) is 9.59 Å². The Kier molecular flexibility index (Phi) is 5.74. The summed E-state index contributed by atoms with van der Waals surface area (Å²) in [5, 5.41) is 0. The number of aliphatic imine (C=N–C) groups is 1. The summed E-state index contributed by atoms with van der Waals surface area (Å²) in [5.41, 5.74) is 3.10. The van der Waals surface area contributed by atoms with Gasteiger partial charge in [0.1, 0.15) is 6.54 Å². The van der Waals surface area contributed by atoms with E-state index in [2.05, 4.69) is 0 Å². The van der Waals surface area contributed by atoms with Gasteiger partial charge in [-0.1, -0.05) is 61.7 Å². The zero-order valence-electron chi connectivity index (χ0n) is 16.9. The van der Waals surface area contributed by atoms with Crippen molar-refractivity contribution in [3.8, 4) is 0 Å². The van der Waals surface area contributed by atoms with Crippen molar-refractivity contribution in [2.45, 2.75) is 44.6 Å². The van der Waals surface area contributed by atoms with Gasteiger partial charge in [-0.2, -0.15) is 0 Å². The highest BCUT2D eigenvalue weighted by atomic mass is 16.2. The molecule has 5 heteroatoms. The average Bonchev–Trinajstić information content (AvgIpc) is 2.91. The van der Waals surface area contributed by atoms with Crippen molar-refractivity contribution in [1.29, 1.82) is 0 Å². The predicted octanol–water partition coefficient (Wildman–Crippen LogP) is 4.34. The Labute approximate surface area is 172 Å². The number of rotatable bonds is 4. The van der Waals surface area contributed by atoms with Gasteiger partial charge >= 0.3 is 0 Å². The van der Waals surface area contributed by atoms with Gasteiger partial charge in [-0.25, -0.2) is 0 Å². The Morgan fingerprint density at radius 1 is 1.03 bits per heavy atom. The molecule has 2 aliphatic rings. The van der Waals surface area contributed by atoms with Crippen LogP contribution in [0.15, 0.2) is 59.6 Å². The van der Waals surface area contributed by atoms with E-state index in [0.29, 0.717) is 5.69 Å². The maximum Gasteiger partial charge on any atom is 0.242 e. The molecule has 0 N–H and O–H groups in total. The number of nitrogens with zero attached hydrogens (tertiary/aromatic N) is 3. The van der Waals surface area contributed by atoms with E-state index in [-0.39, 0.29) is 30.8 Å². The van der Waals surface area contributed by atoms with Crippen molar-refractivity contribution >= 4 is 28.9 Å². The second-order valence-electron chi connectivity index (χ2n) is 7.87. The summed E-state index contributed by atoms with van der Waals surface area (Å²) in [6.07, 6.45) is 5.86. The second-order valence-corrected chi connectivity index (χ2v) is 7.87. The summed E-state index contributed by atoms with van der Waals surface area (Å²) in [5.74, 6) is -0.105. The van der Waals surface area contributed by atoms with Gasteiger partial charge in [0.05, 0.1) is 23.5 Å². The number of carbonyl (C=O) groups is 2. The number of fused-ring (bicyclic) bond motifs is 1. The standard InChI is InChI=1S/C24H27N3O2/c1-26(19-12-6-3-7-13-19)24(29)17-27-22-15-9-8-14-20(22)25-21(16-23(27)28)18-10-4-2-5-11-18/h2,4-5,8-11,14-15,19H,3,6-7,12-13,16-17H2,1H3. The predicted molar refractivity (Wildman–Crippen MR) is 116 cm³/mol. The van der Waals surface area contributed by atoms with Gasteiger partial charge in [0.15, 0.2) is 0 Å². The van der Waals surface area contributed by atoms with Crippen LogP contribution < -0.4 is 4.90 Å². The smallest absolute Gasteiger partial charge is 0.242 e. The summed E-state index contributed by atoms with van der Waals surface area (Å²) in [6.45, 7) is 0.0560. The van der Waals surface area contributed by atoms with Crippen LogP contribution in [0.25, 0.3) is 0 Å². The minimum atomic E-state index is -0.0945. The van der Waals surface area contributed by atoms with E-state index in [1.165, 1.54) is 19.3 Å². The lowest BCUT2D eigenvalue weighted by molar-refractivity contribution is -0.132. The van der Waals surface area contributed by atoms with Crippen molar-refractivity contribution in [2.75, 3.05) is 18.5 Å². The lowest BCUT2D eigenvalue weighted by atomic mass is 9.94. The molecule has 0 spiro atoms. The van der Waals surface area contributed by atoms with Crippen LogP contribution in [0.1, 0.15) is 44.1 Å². The van der Waals surface area contributed by atoms with Crippen LogP contribution in [0.3, 0.4) is 0 Å². The zero-order chi connectivity index (χ0) is 20.2. The SMILES string of the molecule is CN(C(=O)CN1C(=O)CC(c2ccccc2)=Nc2ccccc21)C1CCCCC1. The fourth-order valence-corrected chi connectivity index (χ4v) is 4.23. The molecule has 1 heterocycles. The maximum absolute atomic E-state index is 13.2. The van der Waals surface area contributed by atoms with Gasteiger partial charge in [0, 0.05) is 13.1 Å². The van der Waals surface area contributed by atoms with Crippen LogP contribution >= 0.6 is 0 Å². The van der Waals surface area contributed by atoms with Crippen LogP contribution in [0.4, 0.5) is 11.4 Å². The Morgan fingerprint density at radius 2 is 1.72 bits per heavy atom.